The molecule has 4 heteroatoms. The zero-order valence-corrected chi connectivity index (χ0v) is 10.1. The Morgan fingerprint density at radius 2 is 2.24 bits per heavy atom. The number of benzene rings is 1. The van der Waals surface area contributed by atoms with Gasteiger partial charge < -0.3 is 16.4 Å². The SMILES string of the molecule is Cc1ccc(C(N)=O)c(N2CCC[C@@H](N)C2)c1. The van der Waals surface area contributed by atoms with Crippen molar-refractivity contribution in [3.05, 3.63) is 29.3 Å². The molecule has 1 aliphatic rings. The fourth-order valence-electron chi connectivity index (χ4n) is 2.34. The second-order valence-corrected chi connectivity index (χ2v) is 4.73. The molecule has 0 spiro atoms. The van der Waals surface area contributed by atoms with Crippen molar-refractivity contribution in [3.8, 4) is 0 Å². The molecule has 4 N–H and O–H groups in total. The zero-order chi connectivity index (χ0) is 12.4. The Morgan fingerprint density at radius 3 is 2.88 bits per heavy atom. The highest BCUT2D eigenvalue weighted by molar-refractivity contribution is 5.98. The monoisotopic (exact) mass is 233 g/mol. The molecule has 1 aromatic rings. The summed E-state index contributed by atoms with van der Waals surface area (Å²) in [4.78, 5) is 13.6. The van der Waals surface area contributed by atoms with Crippen molar-refractivity contribution >= 4 is 11.6 Å². The third kappa shape index (κ3) is 2.58. The summed E-state index contributed by atoms with van der Waals surface area (Å²) >= 11 is 0. The molecule has 0 saturated carbocycles. The van der Waals surface area contributed by atoms with Gasteiger partial charge in [-0.1, -0.05) is 6.07 Å². The molecule has 92 valence electrons. The molecule has 17 heavy (non-hydrogen) atoms. The maximum Gasteiger partial charge on any atom is 0.250 e. The second-order valence-electron chi connectivity index (χ2n) is 4.73. The third-order valence-corrected chi connectivity index (χ3v) is 3.22. The largest absolute Gasteiger partial charge is 0.369 e. The number of aryl methyl sites for hydroxylation is 1. The molecular weight excluding hydrogens is 214 g/mol. The number of hydrogen-bond acceptors (Lipinski definition) is 3. The third-order valence-electron chi connectivity index (χ3n) is 3.22. The summed E-state index contributed by atoms with van der Waals surface area (Å²) in [6, 6.07) is 5.91. The van der Waals surface area contributed by atoms with Gasteiger partial charge in [-0.15, -0.1) is 0 Å². The lowest BCUT2D eigenvalue weighted by Crippen LogP contribution is -2.43. The molecule has 1 aliphatic heterocycles. The van der Waals surface area contributed by atoms with E-state index in [9.17, 15) is 4.79 Å². The lowest BCUT2D eigenvalue weighted by Gasteiger charge is -2.33. The Morgan fingerprint density at radius 1 is 1.47 bits per heavy atom. The smallest absolute Gasteiger partial charge is 0.250 e. The van der Waals surface area contributed by atoms with Crippen molar-refractivity contribution in [2.24, 2.45) is 11.5 Å². The molecule has 0 bridgehead atoms. The predicted molar refractivity (Wildman–Crippen MR) is 69.1 cm³/mol. The number of nitrogens with two attached hydrogens (primary N) is 2. The number of amides is 1. The summed E-state index contributed by atoms with van der Waals surface area (Å²) in [5.41, 5.74) is 14.0. The van der Waals surface area contributed by atoms with Crippen LogP contribution in [0.3, 0.4) is 0 Å². The van der Waals surface area contributed by atoms with Gasteiger partial charge >= 0.3 is 0 Å². The number of carbonyl (C=O) groups is 1. The Labute approximate surface area is 102 Å². The summed E-state index contributed by atoms with van der Waals surface area (Å²) in [6.45, 7) is 3.75. The van der Waals surface area contributed by atoms with E-state index in [1.807, 2.05) is 19.1 Å². The van der Waals surface area contributed by atoms with Gasteiger partial charge in [0, 0.05) is 24.8 Å². The van der Waals surface area contributed by atoms with Crippen LogP contribution in [0.4, 0.5) is 5.69 Å². The van der Waals surface area contributed by atoms with Crippen LogP contribution in [0.25, 0.3) is 0 Å². The fourth-order valence-corrected chi connectivity index (χ4v) is 2.34. The molecular formula is C13H19N3O. The van der Waals surface area contributed by atoms with E-state index in [-0.39, 0.29) is 11.9 Å². The maximum absolute atomic E-state index is 11.4. The van der Waals surface area contributed by atoms with Crippen molar-refractivity contribution in [1.29, 1.82) is 0 Å². The van der Waals surface area contributed by atoms with E-state index in [1.165, 1.54) is 0 Å². The fraction of sp³-hybridized carbons (Fsp3) is 0.462. The minimum atomic E-state index is -0.376. The molecule has 1 heterocycles. The summed E-state index contributed by atoms with van der Waals surface area (Å²) in [5.74, 6) is -0.376. The topological polar surface area (TPSA) is 72.4 Å². The van der Waals surface area contributed by atoms with E-state index in [4.69, 9.17) is 11.5 Å². The van der Waals surface area contributed by atoms with Gasteiger partial charge in [0.25, 0.3) is 5.91 Å². The molecule has 0 aliphatic carbocycles. The number of carbonyl (C=O) groups excluding carboxylic acids is 1. The van der Waals surface area contributed by atoms with Gasteiger partial charge in [0.05, 0.1) is 5.56 Å². The van der Waals surface area contributed by atoms with Crippen LogP contribution in [0.15, 0.2) is 18.2 Å². The average Bonchev–Trinajstić information content (AvgIpc) is 2.28. The van der Waals surface area contributed by atoms with Gasteiger partial charge in [0.2, 0.25) is 0 Å². The van der Waals surface area contributed by atoms with Gasteiger partial charge in [0.15, 0.2) is 0 Å². The number of piperidine rings is 1. The van der Waals surface area contributed by atoms with Gasteiger partial charge in [-0.05, 0) is 37.5 Å². The standard InChI is InChI=1S/C13H19N3O/c1-9-4-5-11(13(15)17)12(7-9)16-6-2-3-10(14)8-16/h4-5,7,10H,2-3,6,8,14H2,1H3,(H2,15,17)/t10-/m1/s1. The van der Waals surface area contributed by atoms with E-state index in [2.05, 4.69) is 4.90 Å². The van der Waals surface area contributed by atoms with Crippen LogP contribution in [0.2, 0.25) is 0 Å². The first kappa shape index (κ1) is 11.9. The molecule has 0 radical (unpaired) electrons. The van der Waals surface area contributed by atoms with Crippen LogP contribution in [-0.4, -0.2) is 25.0 Å². The number of nitrogens with zero attached hydrogens (tertiary/aromatic N) is 1. The molecule has 1 fully saturated rings. The summed E-state index contributed by atoms with van der Waals surface area (Å²) in [6.07, 6.45) is 2.11. The van der Waals surface area contributed by atoms with Crippen LogP contribution in [0.1, 0.15) is 28.8 Å². The van der Waals surface area contributed by atoms with Crippen molar-refractivity contribution in [1.82, 2.24) is 0 Å². The van der Waals surface area contributed by atoms with Crippen LogP contribution < -0.4 is 16.4 Å². The molecule has 2 rings (SSSR count). The zero-order valence-electron chi connectivity index (χ0n) is 10.1. The van der Waals surface area contributed by atoms with E-state index in [0.29, 0.717) is 5.56 Å². The van der Waals surface area contributed by atoms with Crippen molar-refractivity contribution in [2.75, 3.05) is 18.0 Å². The quantitative estimate of drug-likeness (QED) is 0.801. The Bertz CT molecular complexity index is 431. The lowest BCUT2D eigenvalue weighted by molar-refractivity contribution is 0.100. The number of primary amides is 1. The predicted octanol–water partition coefficient (Wildman–Crippen LogP) is 1.02. The number of hydrogen-bond donors (Lipinski definition) is 2. The van der Waals surface area contributed by atoms with Crippen LogP contribution in [-0.2, 0) is 0 Å². The number of rotatable bonds is 2. The molecule has 1 saturated heterocycles. The second kappa shape index (κ2) is 4.75. The lowest BCUT2D eigenvalue weighted by atomic mass is 10.0. The normalized spacial score (nSPS) is 20.4. The Hall–Kier alpha value is -1.55. The van der Waals surface area contributed by atoms with Crippen LogP contribution >= 0.6 is 0 Å². The van der Waals surface area contributed by atoms with Crippen LogP contribution in [0.5, 0.6) is 0 Å². The summed E-state index contributed by atoms with van der Waals surface area (Å²) in [7, 11) is 0. The van der Waals surface area contributed by atoms with Crippen molar-refractivity contribution < 1.29 is 4.79 Å². The Kier molecular flexibility index (Phi) is 3.33. The average molecular weight is 233 g/mol. The minimum absolute atomic E-state index is 0.185. The molecule has 0 unspecified atom stereocenters. The van der Waals surface area contributed by atoms with E-state index in [1.54, 1.807) is 6.07 Å². The highest BCUT2D eigenvalue weighted by atomic mass is 16.1. The van der Waals surface area contributed by atoms with Gasteiger partial charge in [0.1, 0.15) is 0 Å². The first-order valence-electron chi connectivity index (χ1n) is 5.99. The number of anilines is 1. The van der Waals surface area contributed by atoms with Crippen molar-refractivity contribution in [2.45, 2.75) is 25.8 Å². The highest BCUT2D eigenvalue weighted by Gasteiger charge is 2.20. The van der Waals surface area contributed by atoms with E-state index >= 15 is 0 Å². The maximum atomic E-state index is 11.4. The Balaban J connectivity index is 2.35. The summed E-state index contributed by atoms with van der Waals surface area (Å²) < 4.78 is 0. The van der Waals surface area contributed by atoms with Gasteiger partial charge in [-0.3, -0.25) is 4.79 Å². The van der Waals surface area contributed by atoms with E-state index < -0.39 is 0 Å². The first-order valence-corrected chi connectivity index (χ1v) is 5.99. The van der Waals surface area contributed by atoms with Gasteiger partial charge in [-0.2, -0.15) is 0 Å². The summed E-state index contributed by atoms with van der Waals surface area (Å²) in [5, 5.41) is 0. The van der Waals surface area contributed by atoms with E-state index in [0.717, 1.165) is 37.2 Å². The molecule has 1 aromatic carbocycles. The molecule has 1 atom stereocenters. The molecule has 1 amide bonds. The van der Waals surface area contributed by atoms with Crippen molar-refractivity contribution in [3.63, 3.8) is 0 Å². The minimum Gasteiger partial charge on any atom is -0.369 e. The van der Waals surface area contributed by atoms with Crippen LogP contribution in [0, 0.1) is 6.92 Å². The molecule has 4 nitrogen and oxygen atoms in total. The highest BCUT2D eigenvalue weighted by Crippen LogP contribution is 2.25. The molecule has 0 aromatic heterocycles. The van der Waals surface area contributed by atoms with Gasteiger partial charge in [-0.25, -0.2) is 0 Å². The first-order chi connectivity index (χ1) is 8.08.